The van der Waals surface area contributed by atoms with Crippen molar-refractivity contribution in [1.29, 1.82) is 0 Å². The monoisotopic (exact) mass is 375 g/mol. The molecule has 0 saturated heterocycles. The van der Waals surface area contributed by atoms with Gasteiger partial charge in [0.25, 0.3) is 0 Å². The number of aryl methyl sites for hydroxylation is 1. The molecule has 144 valence electrons. The van der Waals surface area contributed by atoms with E-state index < -0.39 is 0 Å². The SMILES string of the molecule is COc1cccc(C=CCC(=O)Nc2ccc3[nH]c4c(c3c2)CC(N)CC4)c1. The summed E-state index contributed by atoms with van der Waals surface area (Å²) in [5, 5.41) is 4.15. The fourth-order valence-corrected chi connectivity index (χ4v) is 3.78. The molecule has 1 aliphatic rings. The van der Waals surface area contributed by atoms with Crippen LogP contribution in [0.15, 0.2) is 48.5 Å². The first kappa shape index (κ1) is 18.3. The molecule has 4 N–H and O–H groups in total. The number of carbonyl (C=O) groups excluding carboxylic acids is 1. The van der Waals surface area contributed by atoms with Gasteiger partial charge < -0.3 is 20.8 Å². The Morgan fingerprint density at radius 3 is 3.07 bits per heavy atom. The van der Waals surface area contributed by atoms with E-state index in [0.717, 1.165) is 47.2 Å². The normalized spacial score (nSPS) is 16.3. The van der Waals surface area contributed by atoms with Crippen LogP contribution < -0.4 is 15.8 Å². The molecule has 1 unspecified atom stereocenters. The molecule has 1 aromatic heterocycles. The van der Waals surface area contributed by atoms with E-state index in [4.69, 9.17) is 10.5 Å². The van der Waals surface area contributed by atoms with Crippen LogP contribution in [0.4, 0.5) is 5.69 Å². The van der Waals surface area contributed by atoms with Gasteiger partial charge in [0, 0.05) is 34.7 Å². The van der Waals surface area contributed by atoms with Crippen molar-refractivity contribution >= 4 is 28.6 Å². The minimum atomic E-state index is -0.0420. The maximum Gasteiger partial charge on any atom is 0.228 e. The number of aromatic nitrogens is 1. The number of methoxy groups -OCH3 is 1. The van der Waals surface area contributed by atoms with Crippen LogP contribution in [0.2, 0.25) is 0 Å². The number of rotatable bonds is 5. The van der Waals surface area contributed by atoms with Crippen molar-refractivity contribution in [1.82, 2.24) is 4.98 Å². The second-order valence-electron chi connectivity index (χ2n) is 7.28. The van der Waals surface area contributed by atoms with Gasteiger partial charge in [0.05, 0.1) is 7.11 Å². The lowest BCUT2D eigenvalue weighted by molar-refractivity contribution is -0.115. The molecule has 0 radical (unpaired) electrons. The van der Waals surface area contributed by atoms with Gasteiger partial charge in [0.2, 0.25) is 5.91 Å². The smallest absolute Gasteiger partial charge is 0.228 e. The fourth-order valence-electron chi connectivity index (χ4n) is 3.78. The van der Waals surface area contributed by atoms with Crippen LogP contribution in [0.25, 0.3) is 17.0 Å². The molecular weight excluding hydrogens is 350 g/mol. The second kappa shape index (κ2) is 7.90. The van der Waals surface area contributed by atoms with Crippen LogP contribution in [-0.4, -0.2) is 24.0 Å². The van der Waals surface area contributed by atoms with Crippen molar-refractivity contribution < 1.29 is 9.53 Å². The Morgan fingerprint density at radius 2 is 2.21 bits per heavy atom. The quantitative estimate of drug-likeness (QED) is 0.630. The molecular formula is C23H25N3O2. The Labute approximate surface area is 164 Å². The lowest BCUT2D eigenvalue weighted by Gasteiger charge is -2.18. The first-order valence-corrected chi connectivity index (χ1v) is 9.62. The molecule has 0 saturated carbocycles. The first-order valence-electron chi connectivity index (χ1n) is 9.62. The number of ether oxygens (including phenoxy) is 1. The molecule has 1 aliphatic carbocycles. The zero-order chi connectivity index (χ0) is 19.5. The highest BCUT2D eigenvalue weighted by atomic mass is 16.5. The van der Waals surface area contributed by atoms with Crippen molar-refractivity contribution in [3.8, 4) is 5.75 Å². The number of hydrogen-bond acceptors (Lipinski definition) is 3. The van der Waals surface area contributed by atoms with E-state index in [1.54, 1.807) is 7.11 Å². The van der Waals surface area contributed by atoms with Gasteiger partial charge in [-0.2, -0.15) is 0 Å². The average molecular weight is 375 g/mol. The van der Waals surface area contributed by atoms with Gasteiger partial charge >= 0.3 is 0 Å². The summed E-state index contributed by atoms with van der Waals surface area (Å²) in [7, 11) is 1.64. The zero-order valence-electron chi connectivity index (χ0n) is 16.0. The minimum absolute atomic E-state index is 0.0420. The van der Waals surface area contributed by atoms with Gasteiger partial charge in [-0.1, -0.05) is 24.3 Å². The number of nitrogens with one attached hydrogen (secondary N) is 2. The highest BCUT2D eigenvalue weighted by Gasteiger charge is 2.20. The number of carbonyl (C=O) groups is 1. The topological polar surface area (TPSA) is 80.1 Å². The van der Waals surface area contributed by atoms with Crippen LogP contribution in [-0.2, 0) is 17.6 Å². The van der Waals surface area contributed by atoms with E-state index in [1.807, 2.05) is 54.6 Å². The van der Waals surface area contributed by atoms with Gasteiger partial charge in [-0.15, -0.1) is 0 Å². The number of amides is 1. The molecule has 0 aliphatic heterocycles. The summed E-state index contributed by atoms with van der Waals surface area (Å²) in [6.45, 7) is 0. The third-order valence-electron chi connectivity index (χ3n) is 5.22. The Kier molecular flexibility index (Phi) is 5.17. The van der Waals surface area contributed by atoms with E-state index in [9.17, 15) is 4.79 Å². The van der Waals surface area contributed by atoms with Crippen LogP contribution in [0, 0.1) is 0 Å². The summed E-state index contributed by atoms with van der Waals surface area (Å²) < 4.78 is 5.21. The van der Waals surface area contributed by atoms with Crippen LogP contribution >= 0.6 is 0 Å². The molecule has 4 rings (SSSR count). The van der Waals surface area contributed by atoms with Crippen molar-refractivity contribution in [2.45, 2.75) is 31.7 Å². The van der Waals surface area contributed by atoms with Crippen molar-refractivity contribution in [2.75, 3.05) is 12.4 Å². The van der Waals surface area contributed by atoms with Gasteiger partial charge in [0.1, 0.15) is 5.75 Å². The highest BCUT2D eigenvalue weighted by molar-refractivity contribution is 5.96. The largest absolute Gasteiger partial charge is 0.497 e. The fraction of sp³-hybridized carbons (Fsp3) is 0.261. The molecule has 5 nitrogen and oxygen atoms in total. The van der Waals surface area contributed by atoms with Crippen molar-refractivity contribution in [3.05, 3.63) is 65.4 Å². The van der Waals surface area contributed by atoms with Crippen LogP contribution in [0.1, 0.15) is 29.7 Å². The van der Waals surface area contributed by atoms with Crippen LogP contribution in [0.3, 0.4) is 0 Å². The van der Waals surface area contributed by atoms with E-state index in [-0.39, 0.29) is 11.9 Å². The maximum absolute atomic E-state index is 12.3. The standard InChI is InChI=1S/C23H25N3O2/c1-28-18-6-2-4-15(12-18)5-3-7-23(27)25-17-9-11-22-20(14-17)19-13-16(24)8-10-21(19)26-22/h2-6,9,11-12,14,16,26H,7-8,10,13,24H2,1H3,(H,25,27). The summed E-state index contributed by atoms with van der Waals surface area (Å²) in [4.78, 5) is 15.8. The summed E-state index contributed by atoms with van der Waals surface area (Å²) in [5.74, 6) is 0.758. The van der Waals surface area contributed by atoms with Gasteiger partial charge in [-0.05, 0) is 60.7 Å². The number of fused-ring (bicyclic) bond motifs is 3. The molecule has 0 spiro atoms. The minimum Gasteiger partial charge on any atom is -0.497 e. The van der Waals surface area contributed by atoms with E-state index in [1.165, 1.54) is 11.3 Å². The molecule has 1 atom stereocenters. The predicted octanol–water partition coefficient (Wildman–Crippen LogP) is 4.03. The van der Waals surface area contributed by atoms with Gasteiger partial charge in [-0.25, -0.2) is 0 Å². The van der Waals surface area contributed by atoms with Crippen LogP contribution in [0.5, 0.6) is 5.75 Å². The average Bonchev–Trinajstić information content (AvgIpc) is 3.05. The third kappa shape index (κ3) is 3.94. The van der Waals surface area contributed by atoms with Crippen molar-refractivity contribution in [3.63, 3.8) is 0 Å². The van der Waals surface area contributed by atoms with Gasteiger partial charge in [-0.3, -0.25) is 4.79 Å². The third-order valence-corrected chi connectivity index (χ3v) is 5.22. The molecule has 0 bridgehead atoms. The molecule has 0 fully saturated rings. The molecule has 1 heterocycles. The second-order valence-corrected chi connectivity index (χ2v) is 7.28. The maximum atomic E-state index is 12.3. The molecule has 1 amide bonds. The molecule has 2 aromatic carbocycles. The van der Waals surface area contributed by atoms with E-state index in [0.29, 0.717) is 6.42 Å². The summed E-state index contributed by atoms with van der Waals surface area (Å²) in [5.41, 5.74) is 11.6. The summed E-state index contributed by atoms with van der Waals surface area (Å²) in [6, 6.07) is 14.0. The number of H-pyrrole nitrogens is 1. The molecule has 3 aromatic rings. The van der Waals surface area contributed by atoms with E-state index >= 15 is 0 Å². The number of anilines is 1. The predicted molar refractivity (Wildman–Crippen MR) is 114 cm³/mol. The number of aromatic amines is 1. The molecule has 28 heavy (non-hydrogen) atoms. The Bertz CT molecular complexity index is 1040. The van der Waals surface area contributed by atoms with Gasteiger partial charge in [0.15, 0.2) is 0 Å². The lowest BCUT2D eigenvalue weighted by atomic mass is 9.92. The number of hydrogen-bond donors (Lipinski definition) is 3. The Hall–Kier alpha value is -3.05. The first-order chi connectivity index (χ1) is 13.6. The summed E-state index contributed by atoms with van der Waals surface area (Å²) in [6.07, 6.45) is 6.99. The number of benzene rings is 2. The Balaban J connectivity index is 1.43. The number of nitrogens with two attached hydrogens (primary N) is 1. The zero-order valence-corrected chi connectivity index (χ0v) is 16.0. The Morgan fingerprint density at radius 1 is 1.32 bits per heavy atom. The van der Waals surface area contributed by atoms with E-state index in [2.05, 4.69) is 10.3 Å². The van der Waals surface area contributed by atoms with Crippen molar-refractivity contribution in [2.24, 2.45) is 5.73 Å². The highest BCUT2D eigenvalue weighted by Crippen LogP contribution is 2.30. The lowest BCUT2D eigenvalue weighted by Crippen LogP contribution is -2.27. The molecule has 5 heteroatoms. The summed E-state index contributed by atoms with van der Waals surface area (Å²) >= 11 is 0.